The van der Waals surface area contributed by atoms with Crippen LogP contribution >= 0.6 is 23.2 Å². The Labute approximate surface area is 171 Å². The molecule has 0 aliphatic carbocycles. The molecular formula is C20H16Cl2N2O4. The van der Waals surface area contributed by atoms with Crippen molar-refractivity contribution in [2.24, 2.45) is 0 Å². The highest BCUT2D eigenvalue weighted by Crippen LogP contribution is 2.31. The summed E-state index contributed by atoms with van der Waals surface area (Å²) in [5, 5.41) is 4.95. The highest BCUT2D eigenvalue weighted by molar-refractivity contribution is 6.36. The van der Waals surface area contributed by atoms with Gasteiger partial charge in [0.1, 0.15) is 6.54 Å². The van der Waals surface area contributed by atoms with E-state index >= 15 is 0 Å². The minimum atomic E-state index is -0.400. The molecule has 2 aromatic carbocycles. The normalized spacial score (nSPS) is 10.6. The SMILES string of the molecule is COc1ccc(-c2ccc(=O)n(CC(=O)c3ccc(Cl)cc3Cl)n2)cc1OC. The van der Waals surface area contributed by atoms with E-state index < -0.39 is 5.56 Å². The first-order valence-electron chi connectivity index (χ1n) is 8.21. The molecule has 0 N–H and O–H groups in total. The van der Waals surface area contributed by atoms with Crippen LogP contribution in [0.4, 0.5) is 0 Å². The summed E-state index contributed by atoms with van der Waals surface area (Å²) in [4.78, 5) is 24.7. The Hall–Kier alpha value is -2.83. The van der Waals surface area contributed by atoms with Gasteiger partial charge in [0.05, 0.1) is 24.9 Å². The van der Waals surface area contributed by atoms with Gasteiger partial charge in [-0.2, -0.15) is 5.10 Å². The number of ketones is 1. The smallest absolute Gasteiger partial charge is 0.267 e. The number of hydrogen-bond acceptors (Lipinski definition) is 5. The van der Waals surface area contributed by atoms with Crippen molar-refractivity contribution in [2.45, 2.75) is 6.54 Å². The minimum Gasteiger partial charge on any atom is -0.493 e. The number of carbonyl (C=O) groups is 1. The maximum absolute atomic E-state index is 12.6. The lowest BCUT2D eigenvalue weighted by Gasteiger charge is -2.11. The van der Waals surface area contributed by atoms with Gasteiger partial charge in [-0.1, -0.05) is 23.2 Å². The number of rotatable bonds is 6. The Morgan fingerprint density at radius 1 is 1.00 bits per heavy atom. The average Bonchev–Trinajstić information content (AvgIpc) is 2.69. The molecule has 0 aliphatic rings. The molecule has 1 aromatic heterocycles. The third kappa shape index (κ3) is 4.18. The molecule has 1 heterocycles. The Bertz CT molecular complexity index is 1100. The van der Waals surface area contributed by atoms with Crippen LogP contribution in [0.15, 0.2) is 53.3 Å². The topological polar surface area (TPSA) is 70.4 Å². The van der Waals surface area contributed by atoms with Gasteiger partial charge in [-0.15, -0.1) is 0 Å². The number of halogens is 2. The van der Waals surface area contributed by atoms with Crippen molar-refractivity contribution < 1.29 is 14.3 Å². The maximum Gasteiger partial charge on any atom is 0.267 e. The second-order valence-corrected chi connectivity index (χ2v) is 6.68. The first kappa shape index (κ1) is 19.9. The zero-order chi connectivity index (χ0) is 20.3. The summed E-state index contributed by atoms with van der Waals surface area (Å²) in [7, 11) is 3.08. The van der Waals surface area contributed by atoms with E-state index in [1.54, 1.807) is 37.4 Å². The molecule has 0 aliphatic heterocycles. The van der Waals surface area contributed by atoms with Crippen molar-refractivity contribution in [3.8, 4) is 22.8 Å². The first-order chi connectivity index (χ1) is 13.4. The van der Waals surface area contributed by atoms with Gasteiger partial charge in [0, 0.05) is 22.2 Å². The molecule has 3 aromatic rings. The van der Waals surface area contributed by atoms with Crippen LogP contribution in [-0.4, -0.2) is 29.8 Å². The number of aromatic nitrogens is 2. The molecule has 0 saturated heterocycles. The summed E-state index contributed by atoms with van der Waals surface area (Å²) in [6, 6.07) is 12.8. The standard InChI is InChI=1S/C20H16Cl2N2O4/c1-27-18-7-3-12(9-19(18)28-2)16-6-8-20(26)24(23-16)11-17(25)14-5-4-13(21)10-15(14)22/h3-10H,11H2,1-2H3. The Balaban J connectivity index is 1.94. The zero-order valence-corrected chi connectivity index (χ0v) is 16.6. The molecule has 0 radical (unpaired) electrons. The fraction of sp³-hybridized carbons (Fsp3) is 0.150. The van der Waals surface area contributed by atoms with Crippen molar-refractivity contribution in [2.75, 3.05) is 14.2 Å². The predicted octanol–water partition coefficient (Wildman–Crippen LogP) is 4.12. The fourth-order valence-electron chi connectivity index (χ4n) is 2.65. The van der Waals surface area contributed by atoms with Crippen LogP contribution in [0.25, 0.3) is 11.3 Å². The van der Waals surface area contributed by atoms with E-state index in [2.05, 4.69) is 5.10 Å². The lowest BCUT2D eigenvalue weighted by molar-refractivity contribution is 0.0966. The number of ether oxygens (including phenoxy) is 2. The van der Waals surface area contributed by atoms with Crippen molar-refractivity contribution in [3.63, 3.8) is 0 Å². The summed E-state index contributed by atoms with van der Waals surface area (Å²) in [5.41, 5.74) is 1.10. The number of hydrogen-bond donors (Lipinski definition) is 0. The molecule has 8 heteroatoms. The number of methoxy groups -OCH3 is 2. The molecule has 0 saturated carbocycles. The highest BCUT2D eigenvalue weighted by Gasteiger charge is 2.14. The molecule has 0 fully saturated rings. The van der Waals surface area contributed by atoms with Crippen LogP contribution in [0.3, 0.4) is 0 Å². The van der Waals surface area contributed by atoms with Crippen molar-refractivity contribution >= 4 is 29.0 Å². The molecule has 0 amide bonds. The molecule has 0 unspecified atom stereocenters. The van der Waals surface area contributed by atoms with E-state index in [9.17, 15) is 9.59 Å². The highest BCUT2D eigenvalue weighted by atomic mass is 35.5. The van der Waals surface area contributed by atoms with E-state index in [1.165, 1.54) is 25.3 Å². The van der Waals surface area contributed by atoms with Gasteiger partial charge >= 0.3 is 0 Å². The molecule has 3 rings (SSSR count). The zero-order valence-electron chi connectivity index (χ0n) is 15.1. The number of benzene rings is 2. The maximum atomic E-state index is 12.6. The van der Waals surface area contributed by atoms with Crippen molar-refractivity contribution in [1.82, 2.24) is 9.78 Å². The van der Waals surface area contributed by atoms with Gasteiger partial charge in [0.2, 0.25) is 0 Å². The number of Topliss-reactive ketones (excluding diaryl/α,β-unsaturated/α-hetero) is 1. The van der Waals surface area contributed by atoms with Gasteiger partial charge < -0.3 is 9.47 Å². The van der Waals surface area contributed by atoms with Crippen LogP contribution in [0, 0.1) is 0 Å². The van der Waals surface area contributed by atoms with E-state index in [1.807, 2.05) is 0 Å². The van der Waals surface area contributed by atoms with E-state index in [-0.39, 0.29) is 22.9 Å². The Morgan fingerprint density at radius 2 is 1.75 bits per heavy atom. The number of nitrogens with zero attached hydrogens (tertiary/aromatic N) is 2. The predicted molar refractivity (Wildman–Crippen MR) is 108 cm³/mol. The van der Waals surface area contributed by atoms with E-state index in [4.69, 9.17) is 32.7 Å². The van der Waals surface area contributed by atoms with Crippen LogP contribution < -0.4 is 15.0 Å². The Morgan fingerprint density at radius 3 is 2.43 bits per heavy atom. The summed E-state index contributed by atoms with van der Waals surface area (Å²) in [6.45, 7) is -0.249. The molecule has 28 heavy (non-hydrogen) atoms. The molecule has 0 spiro atoms. The molecular weight excluding hydrogens is 403 g/mol. The first-order valence-corrected chi connectivity index (χ1v) is 8.97. The van der Waals surface area contributed by atoms with Gasteiger partial charge in [0.25, 0.3) is 5.56 Å². The quantitative estimate of drug-likeness (QED) is 0.563. The molecule has 144 valence electrons. The number of carbonyl (C=O) groups excluding carboxylic acids is 1. The molecule has 0 bridgehead atoms. The largest absolute Gasteiger partial charge is 0.493 e. The summed E-state index contributed by atoms with van der Waals surface area (Å²) in [5.74, 6) is 0.761. The second-order valence-electron chi connectivity index (χ2n) is 5.83. The summed E-state index contributed by atoms with van der Waals surface area (Å²) in [6.07, 6.45) is 0. The molecule has 0 atom stereocenters. The lowest BCUT2D eigenvalue weighted by atomic mass is 10.1. The van der Waals surface area contributed by atoms with E-state index in [0.717, 1.165) is 4.68 Å². The third-order valence-corrected chi connectivity index (χ3v) is 4.62. The van der Waals surface area contributed by atoms with Gasteiger partial charge in [-0.05, 0) is 42.5 Å². The Kier molecular flexibility index (Phi) is 6.02. The third-order valence-electron chi connectivity index (χ3n) is 4.07. The van der Waals surface area contributed by atoms with Crippen LogP contribution in [0.5, 0.6) is 11.5 Å². The van der Waals surface area contributed by atoms with Gasteiger partial charge in [-0.25, -0.2) is 4.68 Å². The van der Waals surface area contributed by atoms with Crippen LogP contribution in [0.2, 0.25) is 10.0 Å². The van der Waals surface area contributed by atoms with Crippen LogP contribution in [0.1, 0.15) is 10.4 Å². The fourth-order valence-corrected chi connectivity index (χ4v) is 3.16. The minimum absolute atomic E-state index is 0.224. The second kappa shape index (κ2) is 8.46. The van der Waals surface area contributed by atoms with Gasteiger partial charge in [0.15, 0.2) is 17.3 Å². The van der Waals surface area contributed by atoms with Gasteiger partial charge in [-0.3, -0.25) is 9.59 Å². The molecule has 6 nitrogen and oxygen atoms in total. The van der Waals surface area contributed by atoms with E-state index in [0.29, 0.717) is 27.8 Å². The monoisotopic (exact) mass is 418 g/mol. The van der Waals surface area contributed by atoms with Crippen LogP contribution in [-0.2, 0) is 6.54 Å². The summed E-state index contributed by atoms with van der Waals surface area (Å²) >= 11 is 11.9. The average molecular weight is 419 g/mol. The lowest BCUT2D eigenvalue weighted by Crippen LogP contribution is -2.26. The van der Waals surface area contributed by atoms with Crippen molar-refractivity contribution in [3.05, 3.63) is 74.5 Å². The van der Waals surface area contributed by atoms with Crippen molar-refractivity contribution in [1.29, 1.82) is 0 Å². The summed E-state index contributed by atoms with van der Waals surface area (Å²) < 4.78 is 11.6.